The molecule has 0 saturated carbocycles. The summed E-state index contributed by atoms with van der Waals surface area (Å²) in [5.74, 6) is 0.518. The quantitative estimate of drug-likeness (QED) is 0.643. The standard InChI is InChI=1S/C22H23N3O3/c1-16-10-17(2)12-19(11-16)28-9-8-23-21(26)14-25-15-24-20(13-22(25)27)18-6-4-3-5-7-18/h3-7,10-13,15H,8-9,14H2,1-2H3,(H,23,26). The van der Waals surface area contributed by atoms with E-state index in [1.165, 1.54) is 17.0 Å². The molecule has 0 bridgehead atoms. The molecule has 6 heteroatoms. The minimum atomic E-state index is -0.268. The molecule has 0 spiro atoms. The van der Waals surface area contributed by atoms with Gasteiger partial charge in [-0.25, -0.2) is 4.98 Å². The lowest BCUT2D eigenvalue weighted by molar-refractivity contribution is -0.121. The number of aryl methyl sites for hydroxylation is 2. The first-order valence-corrected chi connectivity index (χ1v) is 9.11. The van der Waals surface area contributed by atoms with E-state index in [9.17, 15) is 9.59 Å². The monoisotopic (exact) mass is 377 g/mol. The molecule has 3 aromatic rings. The lowest BCUT2D eigenvalue weighted by Gasteiger charge is -2.10. The molecule has 1 heterocycles. The van der Waals surface area contributed by atoms with Crippen LogP contribution in [0.25, 0.3) is 11.3 Å². The smallest absolute Gasteiger partial charge is 0.254 e. The topological polar surface area (TPSA) is 73.2 Å². The van der Waals surface area contributed by atoms with Crippen molar-refractivity contribution in [1.29, 1.82) is 0 Å². The van der Waals surface area contributed by atoms with E-state index in [-0.39, 0.29) is 18.0 Å². The summed E-state index contributed by atoms with van der Waals surface area (Å²) in [6.45, 7) is 4.65. The molecule has 0 aliphatic rings. The Labute approximate surface area is 163 Å². The minimum Gasteiger partial charge on any atom is -0.492 e. The molecule has 0 fully saturated rings. The molecule has 3 rings (SSSR count). The molecule has 6 nitrogen and oxygen atoms in total. The van der Waals surface area contributed by atoms with Crippen molar-refractivity contribution in [1.82, 2.24) is 14.9 Å². The predicted molar refractivity (Wildman–Crippen MR) is 108 cm³/mol. The zero-order chi connectivity index (χ0) is 19.9. The summed E-state index contributed by atoms with van der Waals surface area (Å²) in [6, 6.07) is 16.9. The predicted octanol–water partition coefficient (Wildman–Crippen LogP) is 2.72. The van der Waals surface area contributed by atoms with Gasteiger partial charge in [0.25, 0.3) is 5.56 Å². The van der Waals surface area contributed by atoms with E-state index >= 15 is 0 Å². The highest BCUT2D eigenvalue weighted by atomic mass is 16.5. The van der Waals surface area contributed by atoms with Crippen LogP contribution in [0, 0.1) is 13.8 Å². The Balaban J connectivity index is 1.50. The van der Waals surface area contributed by atoms with Gasteiger partial charge in [0, 0.05) is 11.6 Å². The number of hydrogen-bond acceptors (Lipinski definition) is 4. The average molecular weight is 377 g/mol. The first-order valence-electron chi connectivity index (χ1n) is 9.11. The van der Waals surface area contributed by atoms with Crippen LogP contribution in [-0.4, -0.2) is 28.6 Å². The Morgan fingerprint density at radius 3 is 2.46 bits per heavy atom. The van der Waals surface area contributed by atoms with Crippen molar-refractivity contribution in [2.24, 2.45) is 0 Å². The number of benzene rings is 2. The van der Waals surface area contributed by atoms with Gasteiger partial charge in [-0.15, -0.1) is 0 Å². The van der Waals surface area contributed by atoms with Gasteiger partial charge in [-0.3, -0.25) is 14.2 Å². The summed E-state index contributed by atoms with van der Waals surface area (Å²) in [5.41, 5.74) is 3.44. The van der Waals surface area contributed by atoms with Crippen molar-refractivity contribution in [3.63, 3.8) is 0 Å². The Morgan fingerprint density at radius 1 is 1.07 bits per heavy atom. The molecular formula is C22H23N3O3. The van der Waals surface area contributed by atoms with Gasteiger partial charge >= 0.3 is 0 Å². The maximum absolute atomic E-state index is 12.2. The second kappa shape index (κ2) is 8.99. The molecule has 1 amide bonds. The highest BCUT2D eigenvalue weighted by molar-refractivity contribution is 5.75. The molecule has 0 atom stereocenters. The van der Waals surface area contributed by atoms with Crippen LogP contribution in [0.4, 0.5) is 0 Å². The van der Waals surface area contributed by atoms with E-state index < -0.39 is 0 Å². The third kappa shape index (κ3) is 5.30. The van der Waals surface area contributed by atoms with Crippen LogP contribution in [0.15, 0.2) is 65.7 Å². The number of carbonyl (C=O) groups is 1. The summed E-state index contributed by atoms with van der Waals surface area (Å²) >= 11 is 0. The number of carbonyl (C=O) groups excluding carboxylic acids is 1. The third-order valence-electron chi connectivity index (χ3n) is 4.15. The lowest BCUT2D eigenvalue weighted by atomic mass is 10.1. The fourth-order valence-corrected chi connectivity index (χ4v) is 2.90. The summed E-state index contributed by atoms with van der Waals surface area (Å²) in [4.78, 5) is 28.6. The Bertz CT molecular complexity index is 993. The van der Waals surface area contributed by atoms with Crippen molar-refractivity contribution in [2.75, 3.05) is 13.2 Å². The SMILES string of the molecule is Cc1cc(C)cc(OCCNC(=O)Cn2cnc(-c3ccccc3)cc2=O)c1. The van der Waals surface area contributed by atoms with Gasteiger partial charge in [0.1, 0.15) is 18.9 Å². The average Bonchev–Trinajstić information content (AvgIpc) is 2.67. The minimum absolute atomic E-state index is 0.0789. The van der Waals surface area contributed by atoms with Crippen molar-refractivity contribution in [3.05, 3.63) is 82.4 Å². The highest BCUT2D eigenvalue weighted by Crippen LogP contribution is 2.16. The molecule has 28 heavy (non-hydrogen) atoms. The number of nitrogens with one attached hydrogen (secondary N) is 1. The Hall–Kier alpha value is -3.41. The highest BCUT2D eigenvalue weighted by Gasteiger charge is 2.07. The second-order valence-electron chi connectivity index (χ2n) is 6.63. The molecule has 1 aromatic heterocycles. The van der Waals surface area contributed by atoms with Crippen LogP contribution in [0.3, 0.4) is 0 Å². The van der Waals surface area contributed by atoms with Gasteiger partial charge in [-0.2, -0.15) is 0 Å². The molecule has 0 radical (unpaired) electrons. The number of nitrogens with zero attached hydrogens (tertiary/aromatic N) is 2. The van der Waals surface area contributed by atoms with Gasteiger partial charge in [-0.05, 0) is 37.1 Å². The first-order chi connectivity index (χ1) is 13.5. The van der Waals surface area contributed by atoms with Gasteiger partial charge in [0.2, 0.25) is 5.91 Å². The number of rotatable bonds is 7. The normalized spacial score (nSPS) is 10.5. The van der Waals surface area contributed by atoms with E-state index in [2.05, 4.69) is 16.4 Å². The summed E-state index contributed by atoms with van der Waals surface area (Å²) in [6.07, 6.45) is 1.40. The molecule has 0 aliphatic heterocycles. The summed E-state index contributed by atoms with van der Waals surface area (Å²) < 4.78 is 6.95. The first kappa shape index (κ1) is 19.4. The maximum Gasteiger partial charge on any atom is 0.254 e. The zero-order valence-electron chi connectivity index (χ0n) is 16.0. The third-order valence-corrected chi connectivity index (χ3v) is 4.15. The van der Waals surface area contributed by atoms with Gasteiger partial charge in [0.05, 0.1) is 18.6 Å². The van der Waals surface area contributed by atoms with E-state index in [0.717, 1.165) is 22.4 Å². The van der Waals surface area contributed by atoms with Crippen LogP contribution in [-0.2, 0) is 11.3 Å². The number of amides is 1. The van der Waals surface area contributed by atoms with Gasteiger partial charge < -0.3 is 10.1 Å². The fraction of sp³-hybridized carbons (Fsp3) is 0.227. The number of ether oxygens (including phenoxy) is 1. The Kier molecular flexibility index (Phi) is 6.22. The lowest BCUT2D eigenvalue weighted by Crippen LogP contribution is -2.34. The molecule has 0 unspecified atom stereocenters. The molecule has 0 saturated heterocycles. The Morgan fingerprint density at radius 2 is 1.79 bits per heavy atom. The molecular weight excluding hydrogens is 354 g/mol. The molecule has 144 valence electrons. The van der Waals surface area contributed by atoms with Crippen LogP contribution in [0.1, 0.15) is 11.1 Å². The van der Waals surface area contributed by atoms with Crippen LogP contribution >= 0.6 is 0 Å². The van der Waals surface area contributed by atoms with Crippen molar-refractivity contribution in [3.8, 4) is 17.0 Å². The summed E-state index contributed by atoms with van der Waals surface area (Å²) in [7, 11) is 0. The van der Waals surface area contributed by atoms with E-state index in [4.69, 9.17) is 4.74 Å². The van der Waals surface area contributed by atoms with E-state index in [1.54, 1.807) is 0 Å². The van der Waals surface area contributed by atoms with Gasteiger partial charge in [0.15, 0.2) is 0 Å². The molecule has 1 N–H and O–H groups in total. The molecule has 0 aliphatic carbocycles. The van der Waals surface area contributed by atoms with E-state index in [0.29, 0.717) is 18.8 Å². The summed E-state index contributed by atoms with van der Waals surface area (Å²) in [5, 5.41) is 2.75. The van der Waals surface area contributed by atoms with Crippen LogP contribution < -0.4 is 15.6 Å². The van der Waals surface area contributed by atoms with Crippen LogP contribution in [0.2, 0.25) is 0 Å². The van der Waals surface area contributed by atoms with E-state index in [1.807, 2.05) is 56.3 Å². The maximum atomic E-state index is 12.2. The largest absolute Gasteiger partial charge is 0.492 e. The van der Waals surface area contributed by atoms with Crippen molar-refractivity contribution < 1.29 is 9.53 Å². The van der Waals surface area contributed by atoms with Crippen LogP contribution in [0.5, 0.6) is 5.75 Å². The zero-order valence-corrected chi connectivity index (χ0v) is 16.0. The number of aromatic nitrogens is 2. The number of hydrogen-bond donors (Lipinski definition) is 1. The fourth-order valence-electron chi connectivity index (χ4n) is 2.90. The molecule has 2 aromatic carbocycles. The van der Waals surface area contributed by atoms with Crippen molar-refractivity contribution >= 4 is 5.91 Å². The van der Waals surface area contributed by atoms with Gasteiger partial charge in [-0.1, -0.05) is 36.4 Å². The van der Waals surface area contributed by atoms with Crippen molar-refractivity contribution in [2.45, 2.75) is 20.4 Å². The second-order valence-corrected chi connectivity index (χ2v) is 6.63.